The lowest BCUT2D eigenvalue weighted by atomic mass is 9.88. The molecule has 0 N–H and O–H groups in total. The average Bonchev–Trinajstić information content (AvgIpc) is 3.38. The molecule has 0 bridgehead atoms. The molecular formula is C35H32Si. The molecule has 1 aliphatic rings. The summed E-state index contributed by atoms with van der Waals surface area (Å²) in [6.07, 6.45) is 4.69. The zero-order valence-electron chi connectivity index (χ0n) is 20.9. The number of rotatable bonds is 7. The summed E-state index contributed by atoms with van der Waals surface area (Å²) in [4.78, 5) is 0. The Labute approximate surface area is 216 Å². The molecule has 0 fully saturated rings. The van der Waals surface area contributed by atoms with Crippen molar-refractivity contribution < 1.29 is 0 Å². The molecule has 1 unspecified atom stereocenters. The number of hydrogen-bond acceptors (Lipinski definition) is 0. The molecule has 6 rings (SSSR count). The molecule has 1 heteroatoms. The lowest BCUT2D eigenvalue weighted by Gasteiger charge is -2.32. The highest BCUT2D eigenvalue weighted by molar-refractivity contribution is 7.02. The number of benzene rings is 5. The maximum Gasteiger partial charge on any atom is 0.116 e. The van der Waals surface area contributed by atoms with E-state index in [4.69, 9.17) is 0 Å². The first kappa shape index (κ1) is 22.8. The average molecular weight is 481 g/mol. The third kappa shape index (κ3) is 4.25. The number of allylic oxidation sites excluding steroid dienone is 1. The highest BCUT2D eigenvalue weighted by atomic mass is 28.3. The molecule has 2 atom stereocenters. The van der Waals surface area contributed by atoms with Gasteiger partial charge in [-0.25, -0.2) is 0 Å². The van der Waals surface area contributed by atoms with Crippen molar-refractivity contribution in [3.8, 4) is 0 Å². The van der Waals surface area contributed by atoms with Gasteiger partial charge in [0, 0.05) is 5.92 Å². The topological polar surface area (TPSA) is 0 Å². The van der Waals surface area contributed by atoms with E-state index in [0.717, 1.165) is 12.8 Å². The predicted octanol–water partition coefficient (Wildman–Crippen LogP) is 7.85. The SMILES string of the molecule is C[Si@@](CCC(C1=Cc2ccccc2C1)c1ccccc1)(c1ccccc1)c1cccc2ccccc12. The van der Waals surface area contributed by atoms with Crippen molar-refractivity contribution in [1.29, 1.82) is 0 Å². The van der Waals surface area contributed by atoms with E-state index in [1.54, 1.807) is 10.8 Å². The Kier molecular flexibility index (Phi) is 6.17. The Balaban J connectivity index is 1.42. The summed E-state index contributed by atoms with van der Waals surface area (Å²) in [7, 11) is -2.02. The Morgan fingerprint density at radius 3 is 2.14 bits per heavy atom. The predicted molar refractivity (Wildman–Crippen MR) is 158 cm³/mol. The summed E-state index contributed by atoms with van der Waals surface area (Å²) in [5, 5.41) is 5.85. The first-order valence-corrected chi connectivity index (χ1v) is 15.8. The third-order valence-corrected chi connectivity index (χ3v) is 12.7. The van der Waals surface area contributed by atoms with Crippen molar-refractivity contribution in [2.24, 2.45) is 0 Å². The zero-order valence-corrected chi connectivity index (χ0v) is 21.9. The Morgan fingerprint density at radius 2 is 1.33 bits per heavy atom. The minimum Gasteiger partial charge on any atom is -0.0626 e. The maximum absolute atomic E-state index is 2.59. The van der Waals surface area contributed by atoms with Crippen molar-refractivity contribution in [2.75, 3.05) is 0 Å². The Hall–Kier alpha value is -3.68. The number of fused-ring (bicyclic) bond motifs is 2. The molecule has 0 amide bonds. The summed E-state index contributed by atoms with van der Waals surface area (Å²) in [6.45, 7) is 2.59. The van der Waals surface area contributed by atoms with Gasteiger partial charge in [0.2, 0.25) is 0 Å². The van der Waals surface area contributed by atoms with Crippen LogP contribution in [0.5, 0.6) is 0 Å². The summed E-state index contributed by atoms with van der Waals surface area (Å²) in [5.41, 5.74) is 5.86. The Bertz CT molecular complexity index is 1510. The molecule has 0 aliphatic heterocycles. The van der Waals surface area contributed by atoms with Crippen molar-refractivity contribution in [3.63, 3.8) is 0 Å². The molecule has 0 nitrogen and oxygen atoms in total. The second-order valence-electron chi connectivity index (χ2n) is 10.3. The van der Waals surface area contributed by atoms with Gasteiger partial charge in [-0.1, -0.05) is 151 Å². The van der Waals surface area contributed by atoms with E-state index in [-0.39, 0.29) is 0 Å². The summed E-state index contributed by atoms with van der Waals surface area (Å²) in [6, 6.07) is 48.5. The van der Waals surface area contributed by atoms with Crippen LogP contribution in [0.2, 0.25) is 12.6 Å². The molecule has 1 aliphatic carbocycles. The lowest BCUT2D eigenvalue weighted by molar-refractivity contribution is 0.741. The molecule has 36 heavy (non-hydrogen) atoms. The van der Waals surface area contributed by atoms with Gasteiger partial charge in [0.05, 0.1) is 0 Å². The van der Waals surface area contributed by atoms with E-state index in [9.17, 15) is 0 Å². The van der Waals surface area contributed by atoms with Gasteiger partial charge in [-0.05, 0) is 51.5 Å². The van der Waals surface area contributed by atoms with Crippen LogP contribution < -0.4 is 10.4 Å². The minimum atomic E-state index is -2.02. The zero-order chi connectivity index (χ0) is 24.4. The van der Waals surface area contributed by atoms with E-state index in [0.29, 0.717) is 5.92 Å². The van der Waals surface area contributed by atoms with Gasteiger partial charge in [0.1, 0.15) is 8.07 Å². The molecule has 5 aromatic rings. The molecule has 0 spiro atoms. The van der Waals surface area contributed by atoms with Gasteiger partial charge in [0.25, 0.3) is 0 Å². The van der Waals surface area contributed by atoms with Gasteiger partial charge >= 0.3 is 0 Å². The van der Waals surface area contributed by atoms with Crippen LogP contribution in [0, 0.1) is 0 Å². The van der Waals surface area contributed by atoms with E-state index >= 15 is 0 Å². The van der Waals surface area contributed by atoms with Crippen LogP contribution in [-0.2, 0) is 6.42 Å². The highest BCUT2D eigenvalue weighted by Crippen LogP contribution is 2.39. The first-order valence-electron chi connectivity index (χ1n) is 13.1. The lowest BCUT2D eigenvalue weighted by Crippen LogP contribution is -2.55. The quantitative estimate of drug-likeness (QED) is 0.208. The van der Waals surface area contributed by atoms with E-state index in [1.807, 2.05) is 0 Å². The van der Waals surface area contributed by atoms with Crippen molar-refractivity contribution in [3.05, 3.63) is 150 Å². The standard InChI is InChI=1S/C35H32Si/c1-36(32-19-6-3-7-20-32,35-22-12-18-28-15-10-11-21-34(28)35)24-23-33(27-13-4-2-5-14-27)31-25-29-16-8-9-17-30(29)26-31/h2-22,25,33H,23-24,26H2,1H3/t33?,36-/m1/s1. The highest BCUT2D eigenvalue weighted by Gasteiger charge is 2.35. The molecule has 0 saturated heterocycles. The van der Waals surface area contributed by atoms with Crippen molar-refractivity contribution >= 4 is 35.3 Å². The van der Waals surface area contributed by atoms with Crippen molar-refractivity contribution in [1.82, 2.24) is 0 Å². The van der Waals surface area contributed by atoms with Gasteiger partial charge in [-0.15, -0.1) is 0 Å². The summed E-state index contributed by atoms with van der Waals surface area (Å²) < 4.78 is 0. The first-order chi connectivity index (χ1) is 17.7. The van der Waals surface area contributed by atoms with E-state index in [1.165, 1.54) is 38.7 Å². The molecule has 0 aromatic heterocycles. The summed E-state index contributed by atoms with van der Waals surface area (Å²) in [5.74, 6) is 0.434. The normalized spacial score (nSPS) is 15.2. The molecule has 0 heterocycles. The van der Waals surface area contributed by atoms with E-state index < -0.39 is 8.07 Å². The fraction of sp³-hybridized carbons (Fsp3) is 0.143. The third-order valence-electron chi connectivity index (χ3n) is 8.17. The molecule has 176 valence electrons. The molecule has 5 aromatic carbocycles. The van der Waals surface area contributed by atoms with Gasteiger partial charge in [-0.2, -0.15) is 0 Å². The van der Waals surface area contributed by atoms with E-state index in [2.05, 4.69) is 140 Å². The number of hydrogen-bond donors (Lipinski definition) is 0. The Morgan fingerprint density at radius 1 is 0.667 bits per heavy atom. The maximum atomic E-state index is 2.59. The van der Waals surface area contributed by atoms with Gasteiger partial charge in [-0.3, -0.25) is 0 Å². The van der Waals surface area contributed by atoms with Crippen LogP contribution in [-0.4, -0.2) is 8.07 Å². The second kappa shape index (κ2) is 9.76. The second-order valence-corrected chi connectivity index (χ2v) is 14.6. The van der Waals surface area contributed by atoms with Crippen LogP contribution >= 0.6 is 0 Å². The van der Waals surface area contributed by atoms with Crippen LogP contribution in [0.1, 0.15) is 29.0 Å². The monoisotopic (exact) mass is 480 g/mol. The van der Waals surface area contributed by atoms with Crippen LogP contribution in [0.25, 0.3) is 16.8 Å². The van der Waals surface area contributed by atoms with Crippen LogP contribution in [0.4, 0.5) is 0 Å². The van der Waals surface area contributed by atoms with Crippen LogP contribution in [0.15, 0.2) is 133 Å². The fourth-order valence-electron chi connectivity index (χ4n) is 6.16. The molecule has 0 radical (unpaired) electrons. The van der Waals surface area contributed by atoms with Crippen LogP contribution in [0.3, 0.4) is 0 Å². The minimum absolute atomic E-state index is 0.434. The smallest absolute Gasteiger partial charge is 0.0626 e. The molecule has 0 saturated carbocycles. The largest absolute Gasteiger partial charge is 0.116 e. The van der Waals surface area contributed by atoms with Gasteiger partial charge < -0.3 is 0 Å². The molecular weight excluding hydrogens is 448 g/mol. The summed E-state index contributed by atoms with van der Waals surface area (Å²) >= 11 is 0. The fourth-order valence-corrected chi connectivity index (χ4v) is 10.1. The van der Waals surface area contributed by atoms with Crippen molar-refractivity contribution in [2.45, 2.75) is 31.4 Å². The van der Waals surface area contributed by atoms with Gasteiger partial charge in [0.15, 0.2) is 0 Å².